The van der Waals surface area contributed by atoms with Gasteiger partial charge in [-0.2, -0.15) is 0 Å². The van der Waals surface area contributed by atoms with E-state index in [2.05, 4.69) is 5.32 Å². The van der Waals surface area contributed by atoms with Gasteiger partial charge in [0.15, 0.2) is 0 Å². The number of aryl methyl sites for hydroxylation is 1. The van der Waals surface area contributed by atoms with Crippen molar-refractivity contribution in [2.45, 2.75) is 19.9 Å². The molecule has 0 aliphatic heterocycles. The lowest BCUT2D eigenvalue weighted by Gasteiger charge is -2.28. The third kappa shape index (κ3) is 5.49. The van der Waals surface area contributed by atoms with E-state index < -0.39 is 16.1 Å². The van der Waals surface area contributed by atoms with Crippen LogP contribution in [0.1, 0.15) is 12.5 Å². The molecule has 0 aliphatic rings. The van der Waals surface area contributed by atoms with Gasteiger partial charge in [0, 0.05) is 0 Å². The molecule has 140 valence electrons. The van der Waals surface area contributed by atoms with E-state index in [1.807, 2.05) is 49.4 Å². The average Bonchev–Trinajstić information content (AvgIpc) is 2.60. The fourth-order valence-electron chi connectivity index (χ4n) is 2.51. The van der Waals surface area contributed by atoms with Gasteiger partial charge in [0.05, 0.1) is 18.5 Å². The first-order valence-corrected chi connectivity index (χ1v) is 10.2. The van der Waals surface area contributed by atoms with Crippen molar-refractivity contribution in [2.24, 2.45) is 0 Å². The Kier molecular flexibility index (Phi) is 6.63. The highest BCUT2D eigenvalue weighted by Gasteiger charge is 2.28. The van der Waals surface area contributed by atoms with E-state index in [-0.39, 0.29) is 12.5 Å². The Labute approximate surface area is 154 Å². The molecule has 0 bridgehead atoms. The van der Waals surface area contributed by atoms with Gasteiger partial charge in [-0.25, -0.2) is 8.42 Å². The predicted molar refractivity (Wildman–Crippen MR) is 103 cm³/mol. The lowest BCUT2D eigenvalue weighted by Crippen LogP contribution is -2.48. The van der Waals surface area contributed by atoms with Gasteiger partial charge in [-0.05, 0) is 38.1 Å². The number of rotatable bonds is 8. The van der Waals surface area contributed by atoms with E-state index in [0.29, 0.717) is 18.0 Å². The van der Waals surface area contributed by atoms with Crippen molar-refractivity contribution in [1.82, 2.24) is 5.32 Å². The molecule has 0 unspecified atom stereocenters. The molecule has 26 heavy (non-hydrogen) atoms. The molecule has 0 heterocycles. The minimum atomic E-state index is -3.61. The first-order valence-electron chi connectivity index (χ1n) is 8.30. The number of carbonyl (C=O) groups is 1. The number of anilines is 1. The van der Waals surface area contributed by atoms with E-state index in [1.54, 1.807) is 19.1 Å². The number of hydrogen-bond donors (Lipinski definition) is 1. The molecule has 2 aromatic carbocycles. The van der Waals surface area contributed by atoms with Gasteiger partial charge in [-0.1, -0.05) is 35.9 Å². The molecule has 0 fully saturated rings. The second-order valence-electron chi connectivity index (χ2n) is 6.02. The third-order valence-electron chi connectivity index (χ3n) is 3.79. The van der Waals surface area contributed by atoms with Crippen LogP contribution in [-0.4, -0.2) is 39.8 Å². The third-order valence-corrected chi connectivity index (χ3v) is 5.03. The quantitative estimate of drug-likeness (QED) is 0.718. The maximum atomic E-state index is 12.4. The van der Waals surface area contributed by atoms with Gasteiger partial charge in [0.2, 0.25) is 15.9 Å². The molecule has 1 amide bonds. The summed E-state index contributed by atoms with van der Waals surface area (Å²) in [6, 6.07) is 15.4. The Balaban J connectivity index is 1.98. The monoisotopic (exact) mass is 376 g/mol. The number of ether oxygens (including phenoxy) is 1. The maximum absolute atomic E-state index is 12.4. The Bertz CT molecular complexity index is 820. The first-order chi connectivity index (χ1) is 12.3. The second-order valence-corrected chi connectivity index (χ2v) is 7.88. The topological polar surface area (TPSA) is 75.7 Å². The standard InChI is InChI=1S/C19H24N2O4S/c1-15-9-11-17(12-10-15)21(26(3,23)24)16(2)19(22)20-13-14-25-18-7-5-4-6-8-18/h4-12,16H,13-14H2,1-3H3,(H,20,22)/t16-/m1/s1. The van der Waals surface area contributed by atoms with Gasteiger partial charge >= 0.3 is 0 Å². The number of sulfonamides is 1. The van der Waals surface area contributed by atoms with Crippen LogP contribution in [0.2, 0.25) is 0 Å². The summed E-state index contributed by atoms with van der Waals surface area (Å²) in [6.45, 7) is 4.06. The number of para-hydroxylation sites is 1. The zero-order valence-corrected chi connectivity index (χ0v) is 16.0. The van der Waals surface area contributed by atoms with Crippen molar-refractivity contribution in [2.75, 3.05) is 23.7 Å². The van der Waals surface area contributed by atoms with E-state index >= 15 is 0 Å². The van der Waals surface area contributed by atoms with E-state index in [0.717, 1.165) is 16.1 Å². The molecule has 1 atom stereocenters. The molecule has 7 heteroatoms. The molecular formula is C19H24N2O4S. The summed E-state index contributed by atoms with van der Waals surface area (Å²) >= 11 is 0. The highest BCUT2D eigenvalue weighted by molar-refractivity contribution is 7.92. The molecule has 0 spiro atoms. The van der Waals surface area contributed by atoms with Crippen molar-refractivity contribution in [3.05, 3.63) is 60.2 Å². The minimum absolute atomic E-state index is 0.281. The summed E-state index contributed by atoms with van der Waals surface area (Å²) in [5, 5.41) is 2.72. The summed E-state index contributed by atoms with van der Waals surface area (Å²) in [6.07, 6.45) is 1.09. The van der Waals surface area contributed by atoms with E-state index in [4.69, 9.17) is 4.74 Å². The molecule has 0 aliphatic carbocycles. The van der Waals surface area contributed by atoms with Crippen LogP contribution in [0.25, 0.3) is 0 Å². The normalized spacial score (nSPS) is 12.3. The fourth-order valence-corrected chi connectivity index (χ4v) is 3.68. The molecule has 0 radical (unpaired) electrons. The lowest BCUT2D eigenvalue weighted by molar-refractivity contribution is -0.121. The predicted octanol–water partition coefficient (Wildman–Crippen LogP) is 2.34. The summed E-state index contributed by atoms with van der Waals surface area (Å²) in [5.74, 6) is 0.333. The minimum Gasteiger partial charge on any atom is -0.492 e. The number of amides is 1. The second kappa shape index (κ2) is 8.71. The molecule has 0 aromatic heterocycles. The van der Waals surface area contributed by atoms with Crippen molar-refractivity contribution < 1.29 is 17.9 Å². The largest absolute Gasteiger partial charge is 0.492 e. The molecular weight excluding hydrogens is 352 g/mol. The van der Waals surface area contributed by atoms with Crippen molar-refractivity contribution in [3.63, 3.8) is 0 Å². The van der Waals surface area contributed by atoms with Gasteiger partial charge in [0.25, 0.3) is 0 Å². The zero-order valence-electron chi connectivity index (χ0n) is 15.2. The number of hydrogen-bond acceptors (Lipinski definition) is 4. The van der Waals surface area contributed by atoms with Crippen molar-refractivity contribution in [1.29, 1.82) is 0 Å². The van der Waals surface area contributed by atoms with Crippen LogP contribution < -0.4 is 14.4 Å². The van der Waals surface area contributed by atoms with Gasteiger partial charge < -0.3 is 10.1 Å². The van der Waals surface area contributed by atoms with Crippen LogP contribution >= 0.6 is 0 Å². The average molecular weight is 376 g/mol. The number of nitrogens with zero attached hydrogens (tertiary/aromatic N) is 1. The van der Waals surface area contributed by atoms with Gasteiger partial charge in [0.1, 0.15) is 18.4 Å². The smallest absolute Gasteiger partial charge is 0.243 e. The molecule has 6 nitrogen and oxygen atoms in total. The zero-order chi connectivity index (χ0) is 19.2. The van der Waals surface area contributed by atoms with Crippen LogP contribution in [-0.2, 0) is 14.8 Å². The van der Waals surface area contributed by atoms with Crippen LogP contribution in [0.4, 0.5) is 5.69 Å². The van der Waals surface area contributed by atoms with Gasteiger partial charge in [-0.3, -0.25) is 9.10 Å². The molecule has 0 saturated carbocycles. The van der Waals surface area contributed by atoms with Crippen LogP contribution in [0, 0.1) is 6.92 Å². The lowest BCUT2D eigenvalue weighted by atomic mass is 10.2. The van der Waals surface area contributed by atoms with Gasteiger partial charge in [-0.15, -0.1) is 0 Å². The highest BCUT2D eigenvalue weighted by atomic mass is 32.2. The first kappa shape index (κ1) is 19.8. The van der Waals surface area contributed by atoms with E-state index in [9.17, 15) is 13.2 Å². The van der Waals surface area contributed by atoms with E-state index in [1.165, 1.54) is 0 Å². The SMILES string of the molecule is Cc1ccc(N([C@H](C)C(=O)NCCOc2ccccc2)S(C)(=O)=O)cc1. The molecule has 1 N–H and O–H groups in total. The maximum Gasteiger partial charge on any atom is 0.243 e. The Hall–Kier alpha value is -2.54. The number of benzene rings is 2. The van der Waals surface area contributed by atoms with Crippen LogP contribution in [0.5, 0.6) is 5.75 Å². The molecule has 2 aromatic rings. The fraction of sp³-hybridized carbons (Fsp3) is 0.316. The van der Waals surface area contributed by atoms with Crippen molar-refractivity contribution >= 4 is 21.6 Å². The summed E-state index contributed by atoms with van der Waals surface area (Å²) in [5.41, 5.74) is 1.47. The highest BCUT2D eigenvalue weighted by Crippen LogP contribution is 2.21. The Morgan fingerprint density at radius 3 is 2.31 bits per heavy atom. The number of carbonyl (C=O) groups excluding carboxylic acids is 1. The summed E-state index contributed by atoms with van der Waals surface area (Å²) in [4.78, 5) is 12.4. The summed E-state index contributed by atoms with van der Waals surface area (Å²) < 4.78 is 31.0. The molecule has 2 rings (SSSR count). The molecule has 0 saturated heterocycles. The Morgan fingerprint density at radius 1 is 1.12 bits per heavy atom. The van der Waals surface area contributed by atoms with Crippen molar-refractivity contribution in [3.8, 4) is 5.75 Å². The van der Waals surface area contributed by atoms with Crippen LogP contribution in [0.3, 0.4) is 0 Å². The summed E-state index contributed by atoms with van der Waals surface area (Å²) in [7, 11) is -3.61. The number of nitrogens with one attached hydrogen (secondary N) is 1. The Morgan fingerprint density at radius 2 is 1.73 bits per heavy atom. The van der Waals surface area contributed by atoms with Crippen LogP contribution in [0.15, 0.2) is 54.6 Å².